The first-order chi connectivity index (χ1) is 14.6. The number of carbonyl (C=O) groups is 1. The van der Waals surface area contributed by atoms with Crippen molar-refractivity contribution in [1.29, 1.82) is 0 Å². The molecule has 0 aliphatic carbocycles. The average molecular weight is 462 g/mol. The molecule has 4 rings (SSSR count). The van der Waals surface area contributed by atoms with Crippen LogP contribution in [0, 0.1) is 6.92 Å². The molecular formula is C22H24ClN3O2S2. The fourth-order valence-electron chi connectivity index (χ4n) is 3.39. The van der Waals surface area contributed by atoms with E-state index in [0.717, 1.165) is 58.7 Å². The van der Waals surface area contributed by atoms with E-state index in [1.165, 1.54) is 11.3 Å². The van der Waals surface area contributed by atoms with Crippen molar-refractivity contribution in [3.63, 3.8) is 0 Å². The Balaban J connectivity index is 1.54. The first-order valence-corrected chi connectivity index (χ1v) is 12.1. The summed E-state index contributed by atoms with van der Waals surface area (Å²) in [6, 6.07) is 13.9. The molecule has 0 radical (unpaired) electrons. The first kappa shape index (κ1) is 21.6. The van der Waals surface area contributed by atoms with Crippen LogP contribution in [0.4, 0.5) is 5.13 Å². The van der Waals surface area contributed by atoms with Gasteiger partial charge in [0.2, 0.25) is 5.91 Å². The molecule has 0 bridgehead atoms. The van der Waals surface area contributed by atoms with E-state index in [1.807, 2.05) is 54.3 Å². The maximum atomic E-state index is 13.2. The minimum atomic E-state index is 0.0694. The van der Waals surface area contributed by atoms with E-state index in [9.17, 15) is 4.79 Å². The summed E-state index contributed by atoms with van der Waals surface area (Å²) >= 11 is 9.32. The monoisotopic (exact) mass is 461 g/mol. The van der Waals surface area contributed by atoms with Gasteiger partial charge in [-0.05, 0) is 36.8 Å². The Morgan fingerprint density at radius 3 is 2.80 bits per heavy atom. The summed E-state index contributed by atoms with van der Waals surface area (Å²) in [5.74, 6) is 0.447. The van der Waals surface area contributed by atoms with E-state index >= 15 is 0 Å². The third kappa shape index (κ3) is 5.34. The molecular weight excluding hydrogens is 438 g/mol. The lowest BCUT2D eigenvalue weighted by Crippen LogP contribution is -2.43. The second-order valence-corrected chi connectivity index (χ2v) is 9.66. The minimum absolute atomic E-state index is 0.0694. The van der Waals surface area contributed by atoms with Crippen molar-refractivity contribution in [2.24, 2.45) is 0 Å². The van der Waals surface area contributed by atoms with Crippen LogP contribution in [-0.2, 0) is 9.53 Å². The van der Waals surface area contributed by atoms with Gasteiger partial charge in [0, 0.05) is 36.1 Å². The predicted octanol–water partition coefficient (Wildman–Crippen LogP) is 4.72. The summed E-state index contributed by atoms with van der Waals surface area (Å²) in [5.41, 5.74) is 1.94. The number of thioether (sulfide) groups is 1. The first-order valence-electron chi connectivity index (χ1n) is 9.95. The zero-order chi connectivity index (χ0) is 20.9. The van der Waals surface area contributed by atoms with Gasteiger partial charge in [-0.3, -0.25) is 14.6 Å². The van der Waals surface area contributed by atoms with E-state index in [4.69, 9.17) is 21.3 Å². The molecule has 0 N–H and O–H groups in total. The van der Waals surface area contributed by atoms with Crippen LogP contribution in [0.3, 0.4) is 0 Å². The number of benzene rings is 2. The number of rotatable bonds is 7. The molecule has 0 spiro atoms. The summed E-state index contributed by atoms with van der Waals surface area (Å²) in [6.45, 7) is 6.71. The quantitative estimate of drug-likeness (QED) is 0.476. The molecule has 1 saturated heterocycles. The van der Waals surface area contributed by atoms with Gasteiger partial charge in [0.25, 0.3) is 0 Å². The third-order valence-corrected chi connectivity index (χ3v) is 7.26. The van der Waals surface area contributed by atoms with Crippen molar-refractivity contribution in [3.8, 4) is 0 Å². The van der Waals surface area contributed by atoms with Gasteiger partial charge >= 0.3 is 0 Å². The second kappa shape index (κ2) is 10.1. The summed E-state index contributed by atoms with van der Waals surface area (Å²) in [6.07, 6.45) is 0. The molecule has 1 amide bonds. The zero-order valence-corrected chi connectivity index (χ0v) is 19.2. The highest BCUT2D eigenvalue weighted by Crippen LogP contribution is 2.33. The fourth-order valence-corrected chi connectivity index (χ4v) is 5.65. The molecule has 1 aliphatic rings. The van der Waals surface area contributed by atoms with Crippen LogP contribution in [0.1, 0.15) is 5.56 Å². The molecule has 0 saturated carbocycles. The molecule has 1 aliphatic heterocycles. The average Bonchev–Trinajstić information content (AvgIpc) is 3.18. The van der Waals surface area contributed by atoms with E-state index < -0.39 is 0 Å². The van der Waals surface area contributed by atoms with E-state index in [1.54, 1.807) is 11.8 Å². The highest BCUT2D eigenvalue weighted by molar-refractivity contribution is 8.00. The van der Waals surface area contributed by atoms with Gasteiger partial charge in [0.1, 0.15) is 0 Å². The van der Waals surface area contributed by atoms with Crippen molar-refractivity contribution in [1.82, 2.24) is 9.88 Å². The lowest BCUT2D eigenvalue weighted by molar-refractivity contribution is -0.116. The number of aryl methyl sites for hydroxylation is 1. The van der Waals surface area contributed by atoms with Crippen LogP contribution in [0.5, 0.6) is 0 Å². The number of hydrogen-bond acceptors (Lipinski definition) is 6. The summed E-state index contributed by atoms with van der Waals surface area (Å²) < 4.78 is 6.45. The van der Waals surface area contributed by atoms with Crippen molar-refractivity contribution in [3.05, 3.63) is 53.1 Å². The molecule has 2 aromatic carbocycles. The molecule has 3 aromatic rings. The molecule has 2 heterocycles. The maximum absolute atomic E-state index is 13.2. The van der Waals surface area contributed by atoms with E-state index in [-0.39, 0.29) is 5.91 Å². The lowest BCUT2D eigenvalue weighted by Gasteiger charge is -2.29. The Hall–Kier alpha value is -1.64. The Bertz CT molecular complexity index is 1010. The highest BCUT2D eigenvalue weighted by Gasteiger charge is 2.22. The number of aromatic nitrogens is 1. The van der Waals surface area contributed by atoms with Crippen LogP contribution in [0.2, 0.25) is 5.02 Å². The van der Waals surface area contributed by atoms with Gasteiger partial charge < -0.3 is 4.74 Å². The highest BCUT2D eigenvalue weighted by atomic mass is 35.5. The molecule has 8 heteroatoms. The molecule has 1 fully saturated rings. The van der Waals surface area contributed by atoms with Crippen molar-refractivity contribution < 1.29 is 9.53 Å². The van der Waals surface area contributed by atoms with Crippen LogP contribution < -0.4 is 4.90 Å². The number of amides is 1. The predicted molar refractivity (Wildman–Crippen MR) is 126 cm³/mol. The Kier molecular flexibility index (Phi) is 7.28. The smallest absolute Gasteiger partial charge is 0.239 e. The number of fused-ring (bicyclic) bond motifs is 1. The van der Waals surface area contributed by atoms with Crippen LogP contribution in [0.25, 0.3) is 10.2 Å². The number of nitrogens with zero attached hydrogens (tertiary/aromatic N) is 3. The standard InChI is InChI=1S/C22H24ClN3O2S2/c1-16-13-17(23)14-19-21(16)24-22(30-19)26(8-7-25-9-11-28-12-10-25)20(27)15-29-18-5-3-2-4-6-18/h2-6,13-14H,7-12,15H2,1H3. The van der Waals surface area contributed by atoms with Crippen LogP contribution in [0.15, 0.2) is 47.4 Å². The van der Waals surface area contributed by atoms with Gasteiger partial charge in [-0.25, -0.2) is 4.98 Å². The number of ether oxygens (including phenoxy) is 1. The van der Waals surface area contributed by atoms with Crippen LogP contribution >= 0.6 is 34.7 Å². The topological polar surface area (TPSA) is 45.7 Å². The van der Waals surface area contributed by atoms with Gasteiger partial charge in [0.05, 0.1) is 29.2 Å². The number of anilines is 1. The molecule has 1 aromatic heterocycles. The van der Waals surface area contributed by atoms with Crippen LogP contribution in [-0.4, -0.2) is 60.9 Å². The van der Waals surface area contributed by atoms with Gasteiger partial charge in [-0.15, -0.1) is 11.8 Å². The number of thiazole rings is 1. The zero-order valence-electron chi connectivity index (χ0n) is 16.8. The second-order valence-electron chi connectivity index (χ2n) is 7.17. The summed E-state index contributed by atoms with van der Waals surface area (Å²) in [4.78, 5) is 23.3. The van der Waals surface area contributed by atoms with Gasteiger partial charge in [0.15, 0.2) is 5.13 Å². The number of hydrogen-bond donors (Lipinski definition) is 0. The van der Waals surface area contributed by atoms with Crippen molar-refractivity contribution in [2.45, 2.75) is 11.8 Å². The van der Waals surface area contributed by atoms with Gasteiger partial charge in [-0.2, -0.15) is 0 Å². The Morgan fingerprint density at radius 2 is 2.03 bits per heavy atom. The third-order valence-electron chi connectivity index (χ3n) is 5.02. The molecule has 30 heavy (non-hydrogen) atoms. The molecule has 158 valence electrons. The normalized spacial score (nSPS) is 14.9. The Labute approximate surface area is 190 Å². The number of halogens is 1. The molecule has 0 unspecified atom stereocenters. The van der Waals surface area contributed by atoms with Gasteiger partial charge in [-0.1, -0.05) is 41.1 Å². The number of morpholine rings is 1. The molecule has 5 nitrogen and oxygen atoms in total. The van der Waals surface area contributed by atoms with E-state index in [0.29, 0.717) is 17.3 Å². The van der Waals surface area contributed by atoms with E-state index in [2.05, 4.69) is 4.90 Å². The fraction of sp³-hybridized carbons (Fsp3) is 0.364. The largest absolute Gasteiger partial charge is 0.379 e. The summed E-state index contributed by atoms with van der Waals surface area (Å²) in [5, 5.41) is 1.43. The lowest BCUT2D eigenvalue weighted by atomic mass is 10.2. The summed E-state index contributed by atoms with van der Waals surface area (Å²) in [7, 11) is 0. The maximum Gasteiger partial charge on any atom is 0.239 e. The SMILES string of the molecule is Cc1cc(Cl)cc2sc(N(CCN3CCOCC3)C(=O)CSc3ccccc3)nc12. The Morgan fingerprint density at radius 1 is 1.27 bits per heavy atom. The minimum Gasteiger partial charge on any atom is -0.379 e. The van der Waals surface area contributed by atoms with Crippen molar-refractivity contribution in [2.75, 3.05) is 50.0 Å². The number of carbonyl (C=O) groups excluding carboxylic acids is 1. The molecule has 0 atom stereocenters. The van der Waals surface area contributed by atoms with Crippen molar-refractivity contribution >= 4 is 56.0 Å².